The first-order chi connectivity index (χ1) is 8.79. The van der Waals surface area contributed by atoms with Crippen LogP contribution in [0.1, 0.15) is 5.69 Å². The van der Waals surface area contributed by atoms with Gasteiger partial charge in [-0.3, -0.25) is 0 Å². The summed E-state index contributed by atoms with van der Waals surface area (Å²) in [4.78, 5) is 1.79. The molecule has 0 saturated carbocycles. The summed E-state index contributed by atoms with van der Waals surface area (Å²) < 4.78 is 57.9. The minimum atomic E-state index is -4.61. The topological polar surface area (TPSA) is 53.1 Å². The van der Waals surface area contributed by atoms with Gasteiger partial charge in [-0.05, 0) is 23.8 Å². The number of alkyl halides is 3. The molecule has 2 aromatic rings. The van der Waals surface area contributed by atoms with Crippen molar-refractivity contribution in [3.63, 3.8) is 0 Å². The van der Waals surface area contributed by atoms with Crippen LogP contribution in [0.5, 0.6) is 0 Å². The summed E-state index contributed by atoms with van der Waals surface area (Å²) in [5.41, 5.74) is -0.781. The molecule has 0 amide bonds. The van der Waals surface area contributed by atoms with E-state index in [-0.39, 0.29) is 10.6 Å². The molecule has 8 heteroatoms. The Morgan fingerprint density at radius 3 is 2.26 bits per heavy atom. The lowest BCUT2D eigenvalue weighted by molar-refractivity contribution is -0.140. The summed E-state index contributed by atoms with van der Waals surface area (Å²) in [5.74, 6) is 0. The van der Waals surface area contributed by atoms with E-state index < -0.39 is 23.0 Å². The number of H-pyrrole nitrogens is 1. The Kier molecular flexibility index (Phi) is 3.71. The van der Waals surface area contributed by atoms with Gasteiger partial charge in [0.25, 0.3) is 0 Å². The molecule has 0 spiro atoms. The minimum Gasteiger partial charge on any atom is -0.350 e. The molecule has 0 aliphatic rings. The molecule has 1 heterocycles. The number of rotatable bonds is 2. The zero-order valence-electron chi connectivity index (χ0n) is 9.16. The minimum absolute atomic E-state index is 0.0511. The summed E-state index contributed by atoms with van der Waals surface area (Å²) in [6.45, 7) is 0. The predicted octanol–water partition coefficient (Wildman–Crippen LogP) is 3.93. The smallest absolute Gasteiger partial charge is 0.350 e. The molecular weight excluding hydrogens is 303 g/mol. The molecule has 19 heavy (non-hydrogen) atoms. The zero-order chi connectivity index (χ0) is 14.2. The van der Waals surface area contributed by atoms with Gasteiger partial charge < -0.3 is 9.54 Å². The Morgan fingerprint density at radius 2 is 1.79 bits per heavy atom. The third kappa shape index (κ3) is 2.99. The van der Waals surface area contributed by atoms with E-state index in [2.05, 4.69) is 4.98 Å². The van der Waals surface area contributed by atoms with Crippen molar-refractivity contribution in [1.29, 1.82) is 0 Å². The molecule has 2 rings (SSSR count). The highest BCUT2D eigenvalue weighted by Gasteiger charge is 2.34. The molecule has 0 bridgehead atoms. The molecule has 0 aliphatic carbocycles. The Hall–Kier alpha value is -1.31. The van der Waals surface area contributed by atoms with E-state index in [0.29, 0.717) is 16.7 Å². The van der Waals surface area contributed by atoms with Crippen molar-refractivity contribution in [3.05, 3.63) is 41.0 Å². The van der Waals surface area contributed by atoms with Crippen molar-refractivity contribution in [2.24, 2.45) is 0 Å². The van der Waals surface area contributed by atoms with E-state index in [4.69, 9.17) is 16.2 Å². The van der Waals surface area contributed by atoms with Crippen LogP contribution >= 0.6 is 11.6 Å². The summed E-state index contributed by atoms with van der Waals surface area (Å²) in [6, 6.07) is 6.51. The van der Waals surface area contributed by atoms with Gasteiger partial charge in [0.15, 0.2) is 11.1 Å². The normalized spacial score (nSPS) is 13.5. The molecule has 1 atom stereocenters. The number of hydrogen-bond donors (Lipinski definition) is 2. The molecule has 0 aliphatic heterocycles. The first-order valence-electron chi connectivity index (χ1n) is 4.96. The number of nitrogens with one attached hydrogen (secondary N) is 1. The average Bonchev–Trinajstić information content (AvgIpc) is 2.74. The quantitative estimate of drug-likeness (QED) is 0.826. The van der Waals surface area contributed by atoms with E-state index in [9.17, 15) is 17.4 Å². The van der Waals surface area contributed by atoms with Crippen LogP contribution in [-0.4, -0.2) is 13.7 Å². The highest BCUT2D eigenvalue weighted by Crippen LogP contribution is 2.34. The predicted molar refractivity (Wildman–Crippen MR) is 65.3 cm³/mol. The Bertz CT molecular complexity index is 622. The highest BCUT2D eigenvalue weighted by atomic mass is 35.5. The van der Waals surface area contributed by atoms with Gasteiger partial charge in [0.05, 0.1) is 10.6 Å². The SMILES string of the molecule is O=S(O)c1cc(C(F)(F)F)[nH]c1-c1ccc(Cl)cc1. The molecule has 0 fully saturated rings. The number of halogens is 4. The van der Waals surface area contributed by atoms with Crippen molar-refractivity contribution < 1.29 is 21.9 Å². The molecule has 1 aromatic heterocycles. The van der Waals surface area contributed by atoms with E-state index in [0.717, 1.165) is 0 Å². The number of aromatic amines is 1. The molecule has 1 unspecified atom stereocenters. The van der Waals surface area contributed by atoms with Crippen molar-refractivity contribution in [3.8, 4) is 11.3 Å². The molecule has 2 N–H and O–H groups in total. The van der Waals surface area contributed by atoms with Gasteiger partial charge in [-0.15, -0.1) is 0 Å². The molecule has 3 nitrogen and oxygen atoms in total. The first kappa shape index (κ1) is 14.1. The largest absolute Gasteiger partial charge is 0.431 e. The van der Waals surface area contributed by atoms with Crippen molar-refractivity contribution in [2.45, 2.75) is 11.1 Å². The maximum absolute atomic E-state index is 12.6. The van der Waals surface area contributed by atoms with Gasteiger partial charge in [-0.1, -0.05) is 23.7 Å². The van der Waals surface area contributed by atoms with Crippen LogP contribution in [0.3, 0.4) is 0 Å². The third-order valence-corrected chi connectivity index (χ3v) is 3.36. The summed E-state index contributed by atoms with van der Waals surface area (Å²) >= 11 is 3.16. The molecule has 1 aromatic carbocycles. The third-order valence-electron chi connectivity index (χ3n) is 2.41. The second-order valence-electron chi connectivity index (χ2n) is 3.68. The maximum Gasteiger partial charge on any atom is 0.431 e. The van der Waals surface area contributed by atoms with Crippen LogP contribution in [0.25, 0.3) is 11.3 Å². The van der Waals surface area contributed by atoms with Crippen molar-refractivity contribution in [1.82, 2.24) is 4.98 Å². The van der Waals surface area contributed by atoms with Crippen LogP contribution in [0.4, 0.5) is 13.2 Å². The van der Waals surface area contributed by atoms with Gasteiger partial charge in [-0.25, -0.2) is 4.21 Å². The summed E-state index contributed by atoms with van der Waals surface area (Å²) in [7, 11) is 0. The van der Waals surface area contributed by atoms with Crippen LogP contribution in [0.2, 0.25) is 5.02 Å². The lowest BCUT2D eigenvalue weighted by atomic mass is 10.2. The van der Waals surface area contributed by atoms with Gasteiger partial charge in [0.1, 0.15) is 5.69 Å². The summed E-state index contributed by atoms with van der Waals surface area (Å²) in [6.07, 6.45) is -4.61. The molecule has 0 saturated heterocycles. The van der Waals surface area contributed by atoms with Gasteiger partial charge in [0, 0.05) is 5.02 Å². The lowest BCUT2D eigenvalue weighted by Gasteiger charge is -2.03. The van der Waals surface area contributed by atoms with E-state index >= 15 is 0 Å². The van der Waals surface area contributed by atoms with Crippen LogP contribution < -0.4 is 0 Å². The standard InChI is InChI=1S/C11H7ClF3NO2S/c12-7-3-1-6(2-4-7)10-8(19(17)18)5-9(16-10)11(13,14)15/h1-5,16H,(H,17,18). The monoisotopic (exact) mass is 309 g/mol. The second-order valence-corrected chi connectivity index (χ2v) is 5.05. The average molecular weight is 310 g/mol. The lowest BCUT2D eigenvalue weighted by Crippen LogP contribution is -2.04. The number of aromatic nitrogens is 1. The highest BCUT2D eigenvalue weighted by molar-refractivity contribution is 7.79. The molecule has 0 radical (unpaired) electrons. The fourth-order valence-corrected chi connectivity index (χ4v) is 2.25. The van der Waals surface area contributed by atoms with Crippen molar-refractivity contribution >= 4 is 22.7 Å². The van der Waals surface area contributed by atoms with E-state index in [1.165, 1.54) is 24.3 Å². The van der Waals surface area contributed by atoms with E-state index in [1.807, 2.05) is 0 Å². The Balaban J connectivity index is 2.58. The second kappa shape index (κ2) is 4.99. The van der Waals surface area contributed by atoms with Crippen LogP contribution in [0.15, 0.2) is 35.2 Å². The summed E-state index contributed by atoms with van der Waals surface area (Å²) in [5, 5.41) is 0.415. The fraction of sp³-hybridized carbons (Fsp3) is 0.0909. The van der Waals surface area contributed by atoms with Gasteiger partial charge >= 0.3 is 6.18 Å². The molecule has 102 valence electrons. The van der Waals surface area contributed by atoms with Crippen LogP contribution in [0, 0.1) is 0 Å². The maximum atomic E-state index is 12.6. The fourth-order valence-electron chi connectivity index (χ4n) is 1.56. The Morgan fingerprint density at radius 1 is 1.21 bits per heavy atom. The molecular formula is C11H7ClF3NO2S. The van der Waals surface area contributed by atoms with Crippen LogP contribution in [-0.2, 0) is 17.3 Å². The number of benzene rings is 1. The Labute approximate surface area is 113 Å². The van der Waals surface area contributed by atoms with Gasteiger partial charge in [-0.2, -0.15) is 13.2 Å². The van der Waals surface area contributed by atoms with Gasteiger partial charge in [0.2, 0.25) is 0 Å². The number of hydrogen-bond acceptors (Lipinski definition) is 1. The van der Waals surface area contributed by atoms with E-state index in [1.54, 1.807) is 0 Å². The zero-order valence-corrected chi connectivity index (χ0v) is 10.7. The van der Waals surface area contributed by atoms with Crippen molar-refractivity contribution in [2.75, 3.05) is 0 Å². The first-order valence-corrected chi connectivity index (χ1v) is 6.44.